The second kappa shape index (κ2) is 9.37. The highest BCUT2D eigenvalue weighted by Gasteiger charge is 2.30. The van der Waals surface area contributed by atoms with Crippen LogP contribution in [0.3, 0.4) is 0 Å². The number of hydrogen-bond donors (Lipinski definition) is 3. The zero-order valence-electron chi connectivity index (χ0n) is 16.3. The van der Waals surface area contributed by atoms with Crippen LogP contribution in [0.15, 0.2) is 59.4 Å². The lowest BCUT2D eigenvalue weighted by Crippen LogP contribution is -2.45. The van der Waals surface area contributed by atoms with Crippen LogP contribution in [0.1, 0.15) is 21.7 Å². The Balaban J connectivity index is 1.73. The maximum atomic E-state index is 12.8. The topological polar surface area (TPSA) is 88.1 Å². The number of halogens is 4. The normalized spacial score (nSPS) is 11.0. The maximum Gasteiger partial charge on any atom is 0.416 e. The SMILES string of the molecule is Cc1cc(=O)c(C(=O)NNC(=S)Nc2cccc(C(F)(F)F)c2)nn1-c1ccccc1Cl. The van der Waals surface area contributed by atoms with Crippen LogP contribution in [0.25, 0.3) is 5.69 Å². The highest BCUT2D eigenvalue weighted by atomic mass is 35.5. The van der Waals surface area contributed by atoms with Gasteiger partial charge in [-0.25, -0.2) is 4.68 Å². The van der Waals surface area contributed by atoms with Gasteiger partial charge in [0.05, 0.1) is 16.3 Å². The Morgan fingerprint density at radius 2 is 1.81 bits per heavy atom. The van der Waals surface area contributed by atoms with Gasteiger partial charge in [-0.1, -0.05) is 29.8 Å². The average Bonchev–Trinajstić information content (AvgIpc) is 2.72. The van der Waals surface area contributed by atoms with Crippen LogP contribution in [-0.2, 0) is 6.18 Å². The molecule has 2 aromatic carbocycles. The van der Waals surface area contributed by atoms with Crippen molar-refractivity contribution in [3.05, 3.63) is 86.8 Å². The molecule has 0 unspecified atom stereocenters. The standard InChI is InChI=1S/C20H15ClF3N5O2S/c1-11-9-16(30)17(28-29(11)15-8-3-2-7-14(15)21)18(31)26-27-19(32)25-13-6-4-5-12(10-13)20(22,23)24/h2-10H,1H3,(H,26,31)(H2,25,27,32). The summed E-state index contributed by atoms with van der Waals surface area (Å²) in [5.41, 5.74) is 3.56. The molecule has 1 heterocycles. The molecule has 166 valence electrons. The zero-order chi connectivity index (χ0) is 23.5. The molecule has 3 rings (SSSR count). The van der Waals surface area contributed by atoms with E-state index < -0.39 is 28.8 Å². The predicted octanol–water partition coefficient (Wildman–Crippen LogP) is 3.84. The van der Waals surface area contributed by atoms with Gasteiger partial charge in [-0.3, -0.25) is 20.4 Å². The molecule has 0 aliphatic carbocycles. The summed E-state index contributed by atoms with van der Waals surface area (Å²) in [6.45, 7) is 1.63. The Labute approximate surface area is 190 Å². The van der Waals surface area contributed by atoms with E-state index in [0.717, 1.165) is 12.1 Å². The van der Waals surface area contributed by atoms with Gasteiger partial charge in [0, 0.05) is 17.4 Å². The molecule has 3 N–H and O–H groups in total. The number of nitrogens with one attached hydrogen (secondary N) is 3. The van der Waals surface area contributed by atoms with Crippen molar-refractivity contribution in [3.8, 4) is 5.69 Å². The van der Waals surface area contributed by atoms with Crippen molar-refractivity contribution in [2.24, 2.45) is 0 Å². The van der Waals surface area contributed by atoms with Gasteiger partial charge in [0.2, 0.25) is 5.43 Å². The molecular formula is C20H15ClF3N5O2S. The first-order chi connectivity index (χ1) is 15.1. The molecule has 7 nitrogen and oxygen atoms in total. The molecule has 32 heavy (non-hydrogen) atoms. The summed E-state index contributed by atoms with van der Waals surface area (Å²) in [4.78, 5) is 24.7. The number of alkyl halides is 3. The molecule has 0 bridgehead atoms. The van der Waals surface area contributed by atoms with E-state index in [4.69, 9.17) is 23.8 Å². The van der Waals surface area contributed by atoms with Crippen LogP contribution in [0.5, 0.6) is 0 Å². The number of hydrazine groups is 1. The van der Waals surface area contributed by atoms with Gasteiger partial charge in [-0.05, 0) is 49.5 Å². The summed E-state index contributed by atoms with van der Waals surface area (Å²) >= 11 is 11.1. The van der Waals surface area contributed by atoms with Crippen molar-refractivity contribution in [2.75, 3.05) is 5.32 Å². The van der Waals surface area contributed by atoms with Crippen LogP contribution >= 0.6 is 23.8 Å². The number of nitrogens with zero attached hydrogens (tertiary/aromatic N) is 2. The zero-order valence-corrected chi connectivity index (χ0v) is 17.9. The van der Waals surface area contributed by atoms with Gasteiger partial charge >= 0.3 is 6.18 Å². The summed E-state index contributed by atoms with van der Waals surface area (Å²) in [7, 11) is 0. The van der Waals surface area contributed by atoms with E-state index in [1.165, 1.54) is 22.9 Å². The minimum Gasteiger partial charge on any atom is -0.331 e. The highest BCUT2D eigenvalue weighted by molar-refractivity contribution is 7.80. The fraction of sp³-hybridized carbons (Fsp3) is 0.100. The first kappa shape index (κ1) is 23.2. The third kappa shape index (κ3) is 5.42. The second-order valence-electron chi connectivity index (χ2n) is 6.47. The maximum absolute atomic E-state index is 12.8. The van der Waals surface area contributed by atoms with E-state index in [-0.39, 0.29) is 10.8 Å². The van der Waals surface area contributed by atoms with Crippen LogP contribution in [-0.4, -0.2) is 20.8 Å². The number of carbonyl (C=O) groups is 1. The van der Waals surface area contributed by atoms with Gasteiger partial charge in [0.1, 0.15) is 0 Å². The lowest BCUT2D eigenvalue weighted by atomic mass is 10.2. The quantitative estimate of drug-likeness (QED) is 0.389. The number of anilines is 1. The molecule has 0 aliphatic rings. The lowest BCUT2D eigenvalue weighted by molar-refractivity contribution is -0.137. The monoisotopic (exact) mass is 481 g/mol. The van der Waals surface area contributed by atoms with Crippen molar-refractivity contribution in [3.63, 3.8) is 0 Å². The molecule has 0 saturated carbocycles. The van der Waals surface area contributed by atoms with Gasteiger partial charge in [0.25, 0.3) is 5.91 Å². The number of hydrogen-bond acceptors (Lipinski definition) is 4. The number of thiocarbonyl (C=S) groups is 1. The van der Waals surface area contributed by atoms with Gasteiger partial charge in [0.15, 0.2) is 10.8 Å². The molecule has 0 aliphatic heterocycles. The first-order valence-electron chi connectivity index (χ1n) is 8.97. The lowest BCUT2D eigenvalue weighted by Gasteiger charge is -2.14. The molecule has 0 atom stereocenters. The number of rotatable bonds is 3. The van der Waals surface area contributed by atoms with Crippen molar-refractivity contribution >= 4 is 40.5 Å². The fourth-order valence-electron chi connectivity index (χ4n) is 2.68. The number of aryl methyl sites for hydroxylation is 1. The first-order valence-corrected chi connectivity index (χ1v) is 9.75. The number of amides is 1. The minimum absolute atomic E-state index is 0.0566. The van der Waals surface area contributed by atoms with Crippen molar-refractivity contribution in [1.82, 2.24) is 20.6 Å². The van der Waals surface area contributed by atoms with E-state index in [1.54, 1.807) is 31.2 Å². The molecular weight excluding hydrogens is 467 g/mol. The molecule has 0 fully saturated rings. The van der Waals surface area contributed by atoms with Crippen LogP contribution < -0.4 is 21.6 Å². The molecule has 1 amide bonds. The summed E-state index contributed by atoms with van der Waals surface area (Å²) in [5, 5.41) is 6.76. The summed E-state index contributed by atoms with van der Waals surface area (Å²) in [5.74, 6) is -0.899. The van der Waals surface area contributed by atoms with Gasteiger partial charge < -0.3 is 5.32 Å². The summed E-state index contributed by atoms with van der Waals surface area (Å²) in [6, 6.07) is 12.3. The number of carbonyl (C=O) groups excluding carboxylic acids is 1. The molecule has 1 aromatic heterocycles. The Hall–Kier alpha value is -3.44. The molecule has 3 aromatic rings. The van der Waals surface area contributed by atoms with E-state index in [2.05, 4.69) is 21.3 Å². The smallest absolute Gasteiger partial charge is 0.331 e. The van der Waals surface area contributed by atoms with Gasteiger partial charge in [-0.2, -0.15) is 18.3 Å². The minimum atomic E-state index is -4.51. The van der Waals surface area contributed by atoms with Gasteiger partial charge in [-0.15, -0.1) is 0 Å². The van der Waals surface area contributed by atoms with E-state index in [1.807, 2.05) is 0 Å². The molecule has 0 radical (unpaired) electrons. The summed E-state index contributed by atoms with van der Waals surface area (Å²) < 4.78 is 39.8. The van der Waals surface area contributed by atoms with Crippen molar-refractivity contribution < 1.29 is 18.0 Å². The third-order valence-corrected chi connectivity index (χ3v) is 4.66. The van der Waals surface area contributed by atoms with E-state index >= 15 is 0 Å². The second-order valence-corrected chi connectivity index (χ2v) is 7.29. The Bertz CT molecular complexity index is 1250. The molecule has 12 heteroatoms. The predicted molar refractivity (Wildman–Crippen MR) is 118 cm³/mol. The van der Waals surface area contributed by atoms with Crippen LogP contribution in [0.4, 0.5) is 18.9 Å². The summed E-state index contributed by atoms with van der Waals surface area (Å²) in [6.07, 6.45) is -4.51. The molecule has 0 spiro atoms. The third-order valence-electron chi connectivity index (χ3n) is 4.14. The van der Waals surface area contributed by atoms with Crippen LogP contribution in [0.2, 0.25) is 5.02 Å². The highest BCUT2D eigenvalue weighted by Crippen LogP contribution is 2.30. The average molecular weight is 482 g/mol. The van der Waals surface area contributed by atoms with Crippen molar-refractivity contribution in [1.29, 1.82) is 0 Å². The van der Waals surface area contributed by atoms with E-state index in [0.29, 0.717) is 16.4 Å². The van der Waals surface area contributed by atoms with Crippen LogP contribution in [0, 0.1) is 6.92 Å². The number of benzene rings is 2. The largest absolute Gasteiger partial charge is 0.416 e. The van der Waals surface area contributed by atoms with E-state index in [9.17, 15) is 22.8 Å². The Morgan fingerprint density at radius 1 is 1.09 bits per heavy atom. The fourth-order valence-corrected chi connectivity index (χ4v) is 3.07. The number of para-hydroxylation sites is 1. The Morgan fingerprint density at radius 3 is 2.50 bits per heavy atom. The van der Waals surface area contributed by atoms with Crippen molar-refractivity contribution in [2.45, 2.75) is 13.1 Å². The Kier molecular flexibility index (Phi) is 6.80. The number of aromatic nitrogens is 2. The molecule has 0 saturated heterocycles.